The van der Waals surface area contributed by atoms with Gasteiger partial charge in [-0.15, -0.1) is 5.10 Å². The van der Waals surface area contributed by atoms with Gasteiger partial charge in [-0.2, -0.15) is 0 Å². The summed E-state index contributed by atoms with van der Waals surface area (Å²) in [6, 6.07) is 7.19. The van der Waals surface area contributed by atoms with E-state index in [-0.39, 0.29) is 4.70 Å². The van der Waals surface area contributed by atoms with E-state index >= 15 is 0 Å². The molecule has 0 aliphatic rings. The Morgan fingerprint density at radius 2 is 2.00 bits per heavy atom. The first-order chi connectivity index (χ1) is 4.88. The fraction of sp³-hybridized carbons (Fsp3) is 0. The van der Waals surface area contributed by atoms with Crippen LogP contribution in [0.1, 0.15) is 0 Å². The van der Waals surface area contributed by atoms with Crippen LogP contribution in [0.3, 0.4) is 0 Å². The van der Waals surface area contributed by atoms with Gasteiger partial charge in [-0.3, -0.25) is 4.70 Å². The molecule has 0 atom stereocenters. The summed E-state index contributed by atoms with van der Waals surface area (Å²) >= 11 is 0. The topological polar surface area (TPSA) is 50.9 Å². The fourth-order valence-electron chi connectivity index (χ4n) is 0.857. The van der Waals surface area contributed by atoms with Gasteiger partial charge in [0.25, 0.3) is 0 Å². The maximum atomic E-state index is 8.95. The van der Waals surface area contributed by atoms with Crippen molar-refractivity contribution in [3.8, 4) is 0 Å². The highest BCUT2D eigenvalue weighted by molar-refractivity contribution is 5.73. The third kappa shape index (κ3) is 1.000. The molecule has 0 unspecified atom stereocenters. The Labute approximate surface area is 61.4 Å². The second-order valence-corrected chi connectivity index (χ2v) is 1.97. The number of halogens is 1. The molecule has 0 aliphatic carbocycles. The molecule has 1 heterocycles. The van der Waals surface area contributed by atoms with Gasteiger partial charge in [0, 0.05) is 0 Å². The van der Waals surface area contributed by atoms with Crippen molar-refractivity contribution in [2.45, 2.75) is 0 Å². The lowest BCUT2D eigenvalue weighted by Gasteiger charge is -1.85. The molecule has 0 amide bonds. The Morgan fingerprint density at radius 3 is 2.73 bits per heavy atom. The molecule has 4 nitrogen and oxygen atoms in total. The van der Waals surface area contributed by atoms with Crippen LogP contribution in [0, 0.1) is 0 Å². The summed E-state index contributed by atoms with van der Waals surface area (Å²) in [7, 11) is 0. The number of nitrogens with zero attached hydrogens (tertiary/aromatic N) is 3. The van der Waals surface area contributed by atoms with Crippen LogP contribution in [0.5, 0.6) is 0 Å². The lowest BCUT2D eigenvalue weighted by atomic mass is 10.3. The van der Waals surface area contributed by atoms with Crippen LogP contribution in [0.15, 0.2) is 24.3 Å². The van der Waals surface area contributed by atoms with E-state index in [0.717, 1.165) is 4.85 Å². The Balaban J connectivity index is 0.000000605. The summed E-state index contributed by atoms with van der Waals surface area (Å²) in [5.41, 5.74) is 1.33. The van der Waals surface area contributed by atoms with Gasteiger partial charge in [0.15, 0.2) is 0 Å². The highest BCUT2D eigenvalue weighted by atomic mass is 19.0. The molecule has 2 aromatic rings. The first-order valence-corrected chi connectivity index (χ1v) is 2.87. The molecular formula is C6H6FN3O. The highest BCUT2D eigenvalue weighted by Gasteiger charge is 1.98. The van der Waals surface area contributed by atoms with E-state index in [0.29, 0.717) is 11.0 Å². The van der Waals surface area contributed by atoms with Gasteiger partial charge in [-0.05, 0) is 17.3 Å². The molecule has 1 aromatic carbocycles. The van der Waals surface area contributed by atoms with Gasteiger partial charge in [-0.25, -0.2) is 0 Å². The number of aromatic nitrogens is 3. The monoisotopic (exact) mass is 155 g/mol. The summed E-state index contributed by atoms with van der Waals surface area (Å²) < 4.78 is 0. The smallest absolute Gasteiger partial charge is 0.130 e. The predicted molar refractivity (Wildman–Crippen MR) is 37.2 cm³/mol. The maximum absolute atomic E-state index is 8.95. The third-order valence-corrected chi connectivity index (χ3v) is 1.33. The summed E-state index contributed by atoms with van der Waals surface area (Å²) in [5.74, 6) is 0. The quantitative estimate of drug-likeness (QED) is 0.573. The molecule has 0 saturated carbocycles. The van der Waals surface area contributed by atoms with E-state index in [1.165, 1.54) is 0 Å². The van der Waals surface area contributed by atoms with Crippen molar-refractivity contribution in [3.63, 3.8) is 0 Å². The molecule has 0 fully saturated rings. The Kier molecular flexibility index (Phi) is 1.72. The normalized spacial score (nSPS) is 9.45. The van der Waals surface area contributed by atoms with Crippen molar-refractivity contribution in [2.24, 2.45) is 0 Å². The number of fused-ring (bicyclic) bond motifs is 1. The average Bonchev–Trinajstić information content (AvgIpc) is 2.34. The van der Waals surface area contributed by atoms with Gasteiger partial charge in [0.1, 0.15) is 11.0 Å². The van der Waals surface area contributed by atoms with Gasteiger partial charge in [0.05, 0.1) is 0 Å². The number of para-hydroxylation sites is 1. The van der Waals surface area contributed by atoms with Crippen LogP contribution in [0.2, 0.25) is 0 Å². The number of hydrogen-bond acceptors (Lipinski definition) is 3. The minimum atomic E-state index is 0. The van der Waals surface area contributed by atoms with E-state index in [4.69, 9.17) is 5.21 Å². The van der Waals surface area contributed by atoms with Crippen molar-refractivity contribution >= 4 is 11.0 Å². The Bertz CT molecular complexity index is 359. The molecule has 0 spiro atoms. The lowest BCUT2D eigenvalue weighted by Crippen LogP contribution is -1.90. The van der Waals surface area contributed by atoms with Crippen LogP contribution in [0.25, 0.3) is 11.0 Å². The van der Waals surface area contributed by atoms with Crippen molar-refractivity contribution in [1.29, 1.82) is 0 Å². The lowest BCUT2D eigenvalue weighted by molar-refractivity contribution is 0.155. The SMILES string of the molecule is F.On1nnc2ccccc21. The molecule has 1 aromatic heterocycles. The molecule has 2 rings (SSSR count). The third-order valence-electron chi connectivity index (χ3n) is 1.33. The summed E-state index contributed by atoms with van der Waals surface area (Å²) in [6.45, 7) is 0. The zero-order valence-electron chi connectivity index (χ0n) is 5.51. The number of benzene rings is 1. The van der Waals surface area contributed by atoms with E-state index in [2.05, 4.69) is 10.3 Å². The highest BCUT2D eigenvalue weighted by Crippen LogP contribution is 2.06. The van der Waals surface area contributed by atoms with Gasteiger partial charge >= 0.3 is 0 Å². The molecule has 5 heteroatoms. The summed E-state index contributed by atoms with van der Waals surface area (Å²) in [4.78, 5) is 0.759. The predicted octanol–water partition coefficient (Wildman–Crippen LogP) is 0.821. The van der Waals surface area contributed by atoms with Crippen LogP contribution >= 0.6 is 0 Å². The number of rotatable bonds is 0. The summed E-state index contributed by atoms with van der Waals surface area (Å²) in [5, 5.41) is 16.1. The second kappa shape index (κ2) is 2.53. The van der Waals surface area contributed by atoms with Crippen LogP contribution < -0.4 is 0 Å². The molecular weight excluding hydrogens is 149 g/mol. The molecule has 0 aliphatic heterocycles. The minimum absolute atomic E-state index is 0. The van der Waals surface area contributed by atoms with Crippen molar-refractivity contribution < 1.29 is 9.91 Å². The molecule has 0 radical (unpaired) electrons. The van der Waals surface area contributed by atoms with Gasteiger partial charge < -0.3 is 5.21 Å². The van der Waals surface area contributed by atoms with E-state index < -0.39 is 0 Å². The summed E-state index contributed by atoms with van der Waals surface area (Å²) in [6.07, 6.45) is 0. The molecule has 0 bridgehead atoms. The Morgan fingerprint density at radius 1 is 1.27 bits per heavy atom. The van der Waals surface area contributed by atoms with E-state index in [1.54, 1.807) is 12.1 Å². The fourth-order valence-corrected chi connectivity index (χ4v) is 0.857. The average molecular weight is 155 g/mol. The van der Waals surface area contributed by atoms with E-state index in [9.17, 15) is 0 Å². The first kappa shape index (κ1) is 7.46. The van der Waals surface area contributed by atoms with Crippen LogP contribution in [0.4, 0.5) is 4.70 Å². The molecule has 58 valence electrons. The zero-order valence-corrected chi connectivity index (χ0v) is 5.51. The van der Waals surface area contributed by atoms with Crippen molar-refractivity contribution in [3.05, 3.63) is 24.3 Å². The van der Waals surface area contributed by atoms with Crippen LogP contribution in [-0.4, -0.2) is 20.4 Å². The first-order valence-electron chi connectivity index (χ1n) is 2.87. The van der Waals surface area contributed by atoms with Gasteiger partial charge in [0.2, 0.25) is 0 Å². The minimum Gasteiger partial charge on any atom is -0.410 e. The zero-order chi connectivity index (χ0) is 6.97. The standard InChI is InChI=1S/C6H5N3O.FH/c10-9-6-4-2-1-3-5(6)7-8-9;/h1-4,10H;1H. The largest absolute Gasteiger partial charge is 0.410 e. The van der Waals surface area contributed by atoms with Crippen molar-refractivity contribution in [1.82, 2.24) is 15.2 Å². The van der Waals surface area contributed by atoms with E-state index in [1.807, 2.05) is 12.1 Å². The van der Waals surface area contributed by atoms with Crippen LogP contribution in [-0.2, 0) is 0 Å². The second-order valence-electron chi connectivity index (χ2n) is 1.97. The maximum Gasteiger partial charge on any atom is 0.130 e. The number of hydrogen-bond donors (Lipinski definition) is 1. The molecule has 11 heavy (non-hydrogen) atoms. The molecule has 1 N–H and O–H groups in total. The van der Waals surface area contributed by atoms with Crippen molar-refractivity contribution in [2.75, 3.05) is 0 Å². The van der Waals surface area contributed by atoms with Gasteiger partial charge in [-0.1, -0.05) is 17.0 Å². The molecule has 0 saturated heterocycles. The Hall–Kier alpha value is -1.65.